The van der Waals surface area contributed by atoms with E-state index in [2.05, 4.69) is 54.8 Å². The van der Waals surface area contributed by atoms with Crippen LogP contribution < -0.4 is 15.4 Å². The zero-order valence-corrected chi connectivity index (χ0v) is 16.0. The van der Waals surface area contributed by atoms with Crippen LogP contribution in [0.15, 0.2) is 42.5 Å². The van der Waals surface area contributed by atoms with Crippen LogP contribution in [-0.4, -0.2) is 12.2 Å². The van der Waals surface area contributed by atoms with Crippen LogP contribution in [0.25, 0.3) is 0 Å². The molecular formula is C21H26N2OS. The number of ether oxygens (including phenoxy) is 1. The van der Waals surface area contributed by atoms with Gasteiger partial charge in [-0.1, -0.05) is 42.7 Å². The number of methoxy groups -OCH3 is 1. The standard InChI is InChI=1S/C21H26N2OS/c1-15-6-11-19(16(2)14-15)22-20(25)23-21(12-4-5-13-21)17-7-9-18(24-3)10-8-17/h6-11,14H,4-5,12-13H2,1-3H3,(H2,22,23,25). The van der Waals surface area contributed by atoms with Gasteiger partial charge in [-0.3, -0.25) is 0 Å². The number of anilines is 1. The van der Waals surface area contributed by atoms with E-state index in [1.54, 1.807) is 7.11 Å². The summed E-state index contributed by atoms with van der Waals surface area (Å²) >= 11 is 5.64. The topological polar surface area (TPSA) is 33.3 Å². The summed E-state index contributed by atoms with van der Waals surface area (Å²) in [6.45, 7) is 4.21. The first kappa shape index (κ1) is 17.7. The van der Waals surface area contributed by atoms with E-state index in [0.717, 1.165) is 24.3 Å². The molecule has 0 heterocycles. The molecule has 3 rings (SSSR count). The fourth-order valence-corrected chi connectivity index (χ4v) is 4.00. The van der Waals surface area contributed by atoms with E-state index in [4.69, 9.17) is 17.0 Å². The van der Waals surface area contributed by atoms with Crippen molar-refractivity contribution in [1.29, 1.82) is 0 Å². The Morgan fingerprint density at radius 2 is 1.72 bits per heavy atom. The zero-order valence-electron chi connectivity index (χ0n) is 15.2. The maximum atomic E-state index is 5.64. The maximum absolute atomic E-state index is 5.64. The molecule has 1 saturated carbocycles. The number of hydrogen-bond donors (Lipinski definition) is 2. The average Bonchev–Trinajstić information content (AvgIpc) is 3.07. The van der Waals surface area contributed by atoms with Crippen LogP contribution in [0.5, 0.6) is 5.75 Å². The minimum atomic E-state index is -0.0883. The Hall–Kier alpha value is -2.07. The van der Waals surface area contributed by atoms with Crippen molar-refractivity contribution in [3.63, 3.8) is 0 Å². The van der Waals surface area contributed by atoms with Crippen molar-refractivity contribution in [3.8, 4) is 5.75 Å². The molecule has 0 bridgehead atoms. The van der Waals surface area contributed by atoms with E-state index in [9.17, 15) is 0 Å². The largest absolute Gasteiger partial charge is 0.497 e. The van der Waals surface area contributed by atoms with Gasteiger partial charge in [0.2, 0.25) is 0 Å². The molecule has 0 aliphatic heterocycles. The Bertz CT molecular complexity index is 749. The van der Waals surface area contributed by atoms with Crippen LogP contribution in [-0.2, 0) is 5.54 Å². The molecule has 0 radical (unpaired) electrons. The molecule has 2 aromatic carbocycles. The van der Waals surface area contributed by atoms with Gasteiger partial charge in [0.1, 0.15) is 5.75 Å². The molecular weight excluding hydrogens is 328 g/mol. The van der Waals surface area contributed by atoms with Gasteiger partial charge in [-0.25, -0.2) is 0 Å². The molecule has 1 aliphatic rings. The molecule has 0 unspecified atom stereocenters. The summed E-state index contributed by atoms with van der Waals surface area (Å²) in [6, 6.07) is 14.7. The second kappa shape index (κ2) is 7.44. The molecule has 0 spiro atoms. The predicted octanol–water partition coefficient (Wildman–Crippen LogP) is 5.07. The summed E-state index contributed by atoms with van der Waals surface area (Å²) in [5.41, 5.74) is 4.71. The van der Waals surface area contributed by atoms with Crippen molar-refractivity contribution in [2.75, 3.05) is 12.4 Å². The van der Waals surface area contributed by atoms with Crippen molar-refractivity contribution in [3.05, 3.63) is 59.2 Å². The second-order valence-electron chi connectivity index (χ2n) is 6.92. The lowest BCUT2D eigenvalue weighted by atomic mass is 9.88. The molecule has 2 N–H and O–H groups in total. The fourth-order valence-electron chi connectivity index (χ4n) is 3.70. The molecule has 0 atom stereocenters. The number of thiocarbonyl (C=S) groups is 1. The average molecular weight is 355 g/mol. The van der Waals surface area contributed by atoms with Crippen LogP contribution in [0.3, 0.4) is 0 Å². The lowest BCUT2D eigenvalue weighted by Gasteiger charge is -2.33. The van der Waals surface area contributed by atoms with E-state index >= 15 is 0 Å². The first-order chi connectivity index (χ1) is 12.0. The minimum Gasteiger partial charge on any atom is -0.497 e. The molecule has 25 heavy (non-hydrogen) atoms. The third kappa shape index (κ3) is 3.96. The lowest BCUT2D eigenvalue weighted by Crippen LogP contribution is -2.45. The van der Waals surface area contributed by atoms with Crippen molar-refractivity contribution in [2.45, 2.75) is 45.1 Å². The minimum absolute atomic E-state index is 0.0883. The van der Waals surface area contributed by atoms with Crippen LogP contribution in [0.4, 0.5) is 5.69 Å². The molecule has 4 heteroatoms. The third-order valence-corrected chi connectivity index (χ3v) is 5.29. The van der Waals surface area contributed by atoms with Crippen LogP contribution in [0.2, 0.25) is 0 Å². The highest BCUT2D eigenvalue weighted by atomic mass is 32.1. The quantitative estimate of drug-likeness (QED) is 0.751. The molecule has 3 nitrogen and oxygen atoms in total. The summed E-state index contributed by atoms with van der Waals surface area (Å²) < 4.78 is 5.29. The smallest absolute Gasteiger partial charge is 0.171 e. The SMILES string of the molecule is COc1ccc(C2(NC(=S)Nc3ccc(C)cc3C)CCCC2)cc1. The van der Waals surface area contributed by atoms with Crippen LogP contribution in [0, 0.1) is 13.8 Å². The number of benzene rings is 2. The van der Waals surface area contributed by atoms with Crippen LogP contribution in [0.1, 0.15) is 42.4 Å². The number of aryl methyl sites for hydroxylation is 2. The number of nitrogens with one attached hydrogen (secondary N) is 2. The lowest BCUT2D eigenvalue weighted by molar-refractivity contribution is 0.401. The van der Waals surface area contributed by atoms with Gasteiger partial charge in [0.05, 0.1) is 12.6 Å². The normalized spacial score (nSPS) is 15.6. The van der Waals surface area contributed by atoms with Gasteiger partial charge in [0.15, 0.2) is 5.11 Å². The summed E-state index contributed by atoms with van der Waals surface area (Å²) in [5.74, 6) is 0.882. The van der Waals surface area contributed by atoms with Gasteiger partial charge in [-0.2, -0.15) is 0 Å². The fraction of sp³-hybridized carbons (Fsp3) is 0.381. The summed E-state index contributed by atoms with van der Waals surface area (Å²) in [4.78, 5) is 0. The van der Waals surface area contributed by atoms with E-state index < -0.39 is 0 Å². The molecule has 0 aromatic heterocycles. The molecule has 1 fully saturated rings. The van der Waals surface area contributed by atoms with E-state index in [1.807, 2.05) is 12.1 Å². The second-order valence-corrected chi connectivity index (χ2v) is 7.32. The van der Waals surface area contributed by atoms with Gasteiger partial charge in [-0.05, 0) is 68.2 Å². The monoisotopic (exact) mass is 354 g/mol. The Balaban J connectivity index is 1.77. The first-order valence-electron chi connectivity index (χ1n) is 8.83. The van der Waals surface area contributed by atoms with Gasteiger partial charge < -0.3 is 15.4 Å². The van der Waals surface area contributed by atoms with Gasteiger partial charge >= 0.3 is 0 Å². The number of rotatable bonds is 4. The highest BCUT2D eigenvalue weighted by molar-refractivity contribution is 7.80. The number of hydrogen-bond acceptors (Lipinski definition) is 2. The Morgan fingerprint density at radius 3 is 2.32 bits per heavy atom. The van der Waals surface area contributed by atoms with Gasteiger partial charge in [-0.15, -0.1) is 0 Å². The Kier molecular flexibility index (Phi) is 5.28. The summed E-state index contributed by atoms with van der Waals surface area (Å²) in [6.07, 6.45) is 4.61. The van der Waals surface area contributed by atoms with E-state index in [1.165, 1.54) is 29.5 Å². The highest BCUT2D eigenvalue weighted by Crippen LogP contribution is 2.39. The van der Waals surface area contributed by atoms with Crippen molar-refractivity contribution in [1.82, 2.24) is 5.32 Å². The molecule has 0 saturated heterocycles. The van der Waals surface area contributed by atoms with E-state index in [-0.39, 0.29) is 5.54 Å². The zero-order chi connectivity index (χ0) is 17.9. The third-order valence-electron chi connectivity index (χ3n) is 5.08. The summed E-state index contributed by atoms with van der Waals surface area (Å²) in [5, 5.41) is 7.68. The van der Waals surface area contributed by atoms with Crippen molar-refractivity contribution < 1.29 is 4.74 Å². The molecule has 1 aliphatic carbocycles. The summed E-state index contributed by atoms with van der Waals surface area (Å²) in [7, 11) is 1.70. The van der Waals surface area contributed by atoms with Gasteiger partial charge in [0, 0.05) is 5.69 Å². The predicted molar refractivity (Wildman–Crippen MR) is 108 cm³/mol. The van der Waals surface area contributed by atoms with Crippen LogP contribution >= 0.6 is 12.2 Å². The first-order valence-corrected chi connectivity index (χ1v) is 9.24. The maximum Gasteiger partial charge on any atom is 0.171 e. The van der Waals surface area contributed by atoms with Crippen molar-refractivity contribution in [2.24, 2.45) is 0 Å². The van der Waals surface area contributed by atoms with E-state index in [0.29, 0.717) is 5.11 Å². The van der Waals surface area contributed by atoms with Crippen molar-refractivity contribution >= 4 is 23.0 Å². The molecule has 2 aromatic rings. The Morgan fingerprint density at radius 1 is 1.04 bits per heavy atom. The van der Waals surface area contributed by atoms with Gasteiger partial charge in [0.25, 0.3) is 0 Å². The highest BCUT2D eigenvalue weighted by Gasteiger charge is 2.36. The molecule has 132 valence electrons. The Labute approximate surface area is 155 Å². The molecule has 0 amide bonds.